The van der Waals surface area contributed by atoms with Gasteiger partial charge < -0.3 is 5.11 Å². The van der Waals surface area contributed by atoms with E-state index in [4.69, 9.17) is 0 Å². The second-order valence-electron chi connectivity index (χ2n) is 7.63. The fourth-order valence-electron chi connectivity index (χ4n) is 4.92. The van der Waals surface area contributed by atoms with E-state index in [0.717, 1.165) is 25.4 Å². The Morgan fingerprint density at radius 3 is 2.50 bits per heavy atom. The lowest BCUT2D eigenvalue weighted by molar-refractivity contribution is 0.0587. The first kappa shape index (κ1) is 15.9. The summed E-state index contributed by atoms with van der Waals surface area (Å²) < 4.78 is 0. The van der Waals surface area contributed by atoms with Crippen LogP contribution in [0.3, 0.4) is 0 Å². The van der Waals surface area contributed by atoms with Gasteiger partial charge in [-0.2, -0.15) is 0 Å². The van der Waals surface area contributed by atoms with Crippen molar-refractivity contribution in [3.05, 3.63) is 71.3 Å². The molecule has 1 saturated heterocycles. The lowest BCUT2D eigenvalue weighted by Crippen LogP contribution is -2.36. The number of nitrogens with zero attached hydrogens (tertiary/aromatic N) is 1. The Labute approximate surface area is 145 Å². The minimum Gasteiger partial charge on any atom is -0.392 e. The third-order valence-electron chi connectivity index (χ3n) is 6.07. The fourth-order valence-corrected chi connectivity index (χ4v) is 4.92. The number of hydrogen-bond donors (Lipinski definition) is 1. The number of aliphatic hydroxyl groups is 1. The van der Waals surface area contributed by atoms with E-state index in [9.17, 15) is 5.11 Å². The monoisotopic (exact) mass is 321 g/mol. The van der Waals surface area contributed by atoms with Crippen LogP contribution in [0.4, 0.5) is 0 Å². The van der Waals surface area contributed by atoms with Crippen LogP contribution in [0, 0.1) is 18.8 Å². The third-order valence-corrected chi connectivity index (χ3v) is 6.07. The second-order valence-corrected chi connectivity index (χ2v) is 7.63. The van der Waals surface area contributed by atoms with Crippen LogP contribution < -0.4 is 0 Å². The van der Waals surface area contributed by atoms with Crippen LogP contribution in [-0.4, -0.2) is 29.2 Å². The van der Waals surface area contributed by atoms with Crippen molar-refractivity contribution in [2.24, 2.45) is 11.8 Å². The molecule has 4 rings (SSSR count). The van der Waals surface area contributed by atoms with Gasteiger partial charge in [0.15, 0.2) is 0 Å². The molecule has 0 unspecified atom stereocenters. The van der Waals surface area contributed by atoms with Gasteiger partial charge in [-0.1, -0.05) is 54.6 Å². The normalized spacial score (nSPS) is 30.2. The first-order valence-electron chi connectivity index (χ1n) is 9.22. The Morgan fingerprint density at radius 1 is 0.958 bits per heavy atom. The lowest BCUT2D eigenvalue weighted by Gasteiger charge is -2.38. The second kappa shape index (κ2) is 6.70. The molecule has 0 radical (unpaired) electrons. The van der Waals surface area contributed by atoms with Crippen molar-refractivity contribution in [2.75, 3.05) is 13.1 Å². The van der Waals surface area contributed by atoms with E-state index < -0.39 is 0 Å². The Kier molecular flexibility index (Phi) is 4.43. The van der Waals surface area contributed by atoms with Gasteiger partial charge in [-0.3, -0.25) is 4.90 Å². The molecule has 0 aromatic heterocycles. The van der Waals surface area contributed by atoms with Crippen molar-refractivity contribution < 1.29 is 5.11 Å². The lowest BCUT2D eigenvalue weighted by atomic mass is 9.68. The number of aryl methyl sites for hydroxylation is 1. The van der Waals surface area contributed by atoms with Crippen molar-refractivity contribution in [3.63, 3.8) is 0 Å². The van der Waals surface area contributed by atoms with E-state index in [2.05, 4.69) is 66.4 Å². The highest BCUT2D eigenvalue weighted by molar-refractivity contribution is 5.32. The highest BCUT2D eigenvalue weighted by atomic mass is 16.3. The predicted molar refractivity (Wildman–Crippen MR) is 97.9 cm³/mol. The number of fused-ring (bicyclic) bond motifs is 1. The van der Waals surface area contributed by atoms with Crippen LogP contribution in [-0.2, 0) is 6.54 Å². The smallest absolute Gasteiger partial charge is 0.0612 e. The van der Waals surface area contributed by atoms with Crippen molar-refractivity contribution >= 4 is 0 Å². The molecule has 2 aliphatic rings. The van der Waals surface area contributed by atoms with Crippen LogP contribution in [0.2, 0.25) is 0 Å². The minimum absolute atomic E-state index is 0.191. The molecule has 1 aliphatic heterocycles. The minimum atomic E-state index is -0.191. The molecule has 0 amide bonds. The molecule has 126 valence electrons. The Bertz CT molecular complexity index is 683. The molecule has 2 fully saturated rings. The summed E-state index contributed by atoms with van der Waals surface area (Å²) in [5.41, 5.74) is 4.08. The van der Waals surface area contributed by atoms with E-state index in [1.54, 1.807) is 0 Å². The van der Waals surface area contributed by atoms with Crippen LogP contribution in [0.15, 0.2) is 54.6 Å². The Morgan fingerprint density at radius 2 is 1.71 bits per heavy atom. The number of aliphatic hydroxyl groups excluding tert-OH is 1. The summed E-state index contributed by atoms with van der Waals surface area (Å²) in [7, 11) is 0. The quantitative estimate of drug-likeness (QED) is 0.924. The standard InChI is InChI=1S/C22H27NO/c1-16-7-5-6-10-19(16)22-20-15-23(13-17-8-3-2-4-9-17)14-18(20)11-12-21(22)24/h2-10,18,20-22,24H,11-15H2,1H3/t18-,20-,21+,22+/m1/s1. The number of rotatable bonds is 3. The average Bonchev–Trinajstić information content (AvgIpc) is 2.99. The van der Waals surface area contributed by atoms with Crippen molar-refractivity contribution in [2.45, 2.75) is 38.3 Å². The van der Waals surface area contributed by atoms with Gasteiger partial charge in [-0.05, 0) is 48.3 Å². The molecule has 1 heterocycles. The Balaban J connectivity index is 1.55. The van der Waals surface area contributed by atoms with E-state index in [-0.39, 0.29) is 6.10 Å². The summed E-state index contributed by atoms with van der Waals surface area (Å²) in [5, 5.41) is 10.8. The van der Waals surface area contributed by atoms with Gasteiger partial charge in [-0.15, -0.1) is 0 Å². The zero-order valence-electron chi connectivity index (χ0n) is 14.4. The molecular weight excluding hydrogens is 294 g/mol. The molecule has 2 heteroatoms. The van der Waals surface area contributed by atoms with Crippen LogP contribution in [0.1, 0.15) is 35.4 Å². The summed E-state index contributed by atoms with van der Waals surface area (Å²) in [6.45, 7) is 5.50. The Hall–Kier alpha value is -1.64. The van der Waals surface area contributed by atoms with Crippen molar-refractivity contribution in [1.29, 1.82) is 0 Å². The summed E-state index contributed by atoms with van der Waals surface area (Å²) >= 11 is 0. The maximum Gasteiger partial charge on any atom is 0.0612 e. The molecule has 0 bridgehead atoms. The third kappa shape index (κ3) is 3.01. The van der Waals surface area contributed by atoms with E-state index in [1.165, 1.54) is 29.7 Å². The largest absolute Gasteiger partial charge is 0.392 e. The zero-order valence-corrected chi connectivity index (χ0v) is 14.4. The highest BCUT2D eigenvalue weighted by Crippen LogP contribution is 2.46. The maximum atomic E-state index is 10.8. The first-order valence-corrected chi connectivity index (χ1v) is 9.22. The van der Waals surface area contributed by atoms with Crippen LogP contribution >= 0.6 is 0 Å². The molecule has 1 saturated carbocycles. The molecule has 2 aromatic carbocycles. The molecule has 1 N–H and O–H groups in total. The molecule has 0 spiro atoms. The zero-order chi connectivity index (χ0) is 16.5. The van der Waals surface area contributed by atoms with Crippen LogP contribution in [0.5, 0.6) is 0 Å². The average molecular weight is 321 g/mol. The molecule has 2 nitrogen and oxygen atoms in total. The van der Waals surface area contributed by atoms with Gasteiger partial charge in [0, 0.05) is 25.6 Å². The van der Waals surface area contributed by atoms with Crippen LogP contribution in [0.25, 0.3) is 0 Å². The van der Waals surface area contributed by atoms with E-state index in [1.807, 2.05) is 0 Å². The van der Waals surface area contributed by atoms with Gasteiger partial charge in [0.05, 0.1) is 6.10 Å². The molecule has 24 heavy (non-hydrogen) atoms. The van der Waals surface area contributed by atoms with Gasteiger partial charge >= 0.3 is 0 Å². The van der Waals surface area contributed by atoms with E-state index in [0.29, 0.717) is 11.8 Å². The van der Waals surface area contributed by atoms with Gasteiger partial charge in [0.2, 0.25) is 0 Å². The SMILES string of the molecule is Cc1ccccc1[C@H]1[C@@H]2CN(Cc3ccccc3)C[C@H]2CC[C@@H]1O. The highest BCUT2D eigenvalue weighted by Gasteiger charge is 2.44. The molecular formula is C22H27NO. The molecule has 1 aliphatic carbocycles. The van der Waals surface area contributed by atoms with Crippen molar-refractivity contribution in [1.82, 2.24) is 4.90 Å². The number of hydrogen-bond acceptors (Lipinski definition) is 2. The number of benzene rings is 2. The number of likely N-dealkylation sites (tertiary alicyclic amines) is 1. The molecule has 4 atom stereocenters. The summed E-state index contributed by atoms with van der Waals surface area (Å²) in [5.74, 6) is 1.60. The fraction of sp³-hybridized carbons (Fsp3) is 0.455. The van der Waals surface area contributed by atoms with Crippen molar-refractivity contribution in [3.8, 4) is 0 Å². The summed E-state index contributed by atoms with van der Waals surface area (Å²) in [6, 6.07) is 19.4. The topological polar surface area (TPSA) is 23.5 Å². The molecule has 2 aromatic rings. The van der Waals surface area contributed by atoms with Gasteiger partial charge in [-0.25, -0.2) is 0 Å². The summed E-state index contributed by atoms with van der Waals surface area (Å²) in [6.07, 6.45) is 1.92. The maximum absolute atomic E-state index is 10.8. The first-order chi connectivity index (χ1) is 11.7. The van der Waals surface area contributed by atoms with E-state index >= 15 is 0 Å². The predicted octanol–water partition coefficient (Wildman–Crippen LogP) is 3.98. The summed E-state index contributed by atoms with van der Waals surface area (Å²) in [4.78, 5) is 2.59. The van der Waals surface area contributed by atoms with Gasteiger partial charge in [0.1, 0.15) is 0 Å². The van der Waals surface area contributed by atoms with Gasteiger partial charge in [0.25, 0.3) is 0 Å².